The molecular weight excluding hydrogens is 430 g/mol. The second-order valence-corrected chi connectivity index (χ2v) is 8.19. The Bertz CT molecular complexity index is 1300. The predicted molar refractivity (Wildman–Crippen MR) is 128 cm³/mol. The summed E-state index contributed by atoms with van der Waals surface area (Å²) in [6.07, 6.45) is 3.09. The van der Waals surface area contributed by atoms with Crippen molar-refractivity contribution < 1.29 is 19.1 Å². The Morgan fingerprint density at radius 2 is 1.71 bits per heavy atom. The number of fused-ring (bicyclic) bond motifs is 4. The molecule has 34 heavy (non-hydrogen) atoms. The van der Waals surface area contributed by atoms with Crippen molar-refractivity contribution in [2.24, 2.45) is 0 Å². The Labute approximate surface area is 197 Å². The quantitative estimate of drug-likeness (QED) is 0.398. The lowest BCUT2D eigenvalue weighted by Crippen LogP contribution is -2.44. The van der Waals surface area contributed by atoms with Crippen LogP contribution in [0, 0.1) is 0 Å². The van der Waals surface area contributed by atoms with Crippen LogP contribution in [0.15, 0.2) is 73.1 Å². The number of alkyl carbamates (subject to hydrolysis) is 1. The third kappa shape index (κ3) is 4.12. The van der Waals surface area contributed by atoms with Crippen molar-refractivity contribution in [3.05, 3.63) is 89.7 Å². The van der Waals surface area contributed by atoms with E-state index >= 15 is 0 Å². The van der Waals surface area contributed by atoms with Gasteiger partial charge in [-0.3, -0.25) is 0 Å². The highest BCUT2D eigenvalue weighted by Gasteiger charge is 2.30. The van der Waals surface area contributed by atoms with Gasteiger partial charge >= 0.3 is 12.1 Å². The minimum atomic E-state index is -0.880. The zero-order valence-corrected chi connectivity index (χ0v) is 18.8. The molecule has 2 aromatic carbocycles. The number of aromatic amines is 1. The van der Waals surface area contributed by atoms with E-state index in [0.717, 1.165) is 38.9 Å². The first kappa shape index (κ1) is 21.7. The fourth-order valence-electron chi connectivity index (χ4n) is 4.62. The number of rotatable bonds is 7. The Balaban J connectivity index is 1.30. The van der Waals surface area contributed by atoms with E-state index in [4.69, 9.17) is 9.47 Å². The summed E-state index contributed by atoms with van der Waals surface area (Å²) in [5.41, 5.74) is 6.16. The number of hydrogen-bond acceptors (Lipinski definition) is 5. The van der Waals surface area contributed by atoms with E-state index in [2.05, 4.69) is 39.6 Å². The zero-order chi connectivity index (χ0) is 23.5. The lowest BCUT2D eigenvalue weighted by molar-refractivity contribution is -0.145. The van der Waals surface area contributed by atoms with Crippen LogP contribution in [0.1, 0.15) is 29.5 Å². The number of hydrogen-bond donors (Lipinski definition) is 2. The summed E-state index contributed by atoms with van der Waals surface area (Å²) >= 11 is 0. The molecule has 7 nitrogen and oxygen atoms in total. The topological polar surface area (TPSA) is 93.3 Å². The molecule has 7 heteroatoms. The van der Waals surface area contributed by atoms with Gasteiger partial charge in [0.2, 0.25) is 0 Å². The molecule has 5 rings (SSSR count). The standard InChI is InChI=1S/C27H25N3O4/c1-2-33-26(31)24(14-17-15-29-25-18(17)12-7-13-28-25)30-27(32)34-16-23-21-10-5-3-8-19(21)20-9-4-6-11-22(20)23/h3-13,15,23-24H,2,14,16H2,1H3,(H,28,29)(H,30,32)/t24-/m0/s1. The van der Waals surface area contributed by atoms with Gasteiger partial charge in [-0.15, -0.1) is 0 Å². The van der Waals surface area contributed by atoms with Gasteiger partial charge in [-0.1, -0.05) is 48.5 Å². The molecule has 0 saturated carbocycles. The third-order valence-electron chi connectivity index (χ3n) is 6.17. The molecule has 0 radical (unpaired) electrons. The molecule has 1 atom stereocenters. The number of aromatic nitrogens is 2. The molecule has 0 bridgehead atoms. The van der Waals surface area contributed by atoms with E-state index in [1.807, 2.05) is 36.4 Å². The fourth-order valence-corrected chi connectivity index (χ4v) is 4.62. The number of benzene rings is 2. The van der Waals surface area contributed by atoms with E-state index in [1.165, 1.54) is 0 Å². The molecule has 1 aliphatic carbocycles. The van der Waals surface area contributed by atoms with Crippen LogP contribution < -0.4 is 5.32 Å². The van der Waals surface area contributed by atoms with Crippen molar-refractivity contribution in [3.8, 4) is 11.1 Å². The highest BCUT2D eigenvalue weighted by molar-refractivity contribution is 5.85. The van der Waals surface area contributed by atoms with Gasteiger partial charge in [-0.05, 0) is 46.9 Å². The van der Waals surface area contributed by atoms with Crippen LogP contribution in [0.3, 0.4) is 0 Å². The Hall–Kier alpha value is -4.13. The first-order chi connectivity index (χ1) is 16.7. The number of nitrogens with zero attached hydrogens (tertiary/aromatic N) is 1. The summed E-state index contributed by atoms with van der Waals surface area (Å²) in [5, 5.41) is 3.60. The molecule has 1 aliphatic rings. The molecule has 2 N–H and O–H groups in total. The monoisotopic (exact) mass is 455 g/mol. The second kappa shape index (κ2) is 9.39. The Morgan fingerprint density at radius 1 is 1.00 bits per heavy atom. The maximum Gasteiger partial charge on any atom is 0.407 e. The van der Waals surface area contributed by atoms with E-state index in [0.29, 0.717) is 0 Å². The smallest absolute Gasteiger partial charge is 0.407 e. The van der Waals surface area contributed by atoms with Crippen molar-refractivity contribution >= 4 is 23.1 Å². The number of pyridine rings is 1. The SMILES string of the molecule is CCOC(=O)[C@H](Cc1c[nH]c2ncccc12)NC(=O)OCC1c2ccccc2-c2ccccc21. The molecule has 1 amide bonds. The van der Waals surface area contributed by atoms with Crippen molar-refractivity contribution in [2.75, 3.05) is 13.2 Å². The van der Waals surface area contributed by atoms with Crippen LogP contribution in [0.2, 0.25) is 0 Å². The van der Waals surface area contributed by atoms with Crippen LogP contribution in [0.25, 0.3) is 22.2 Å². The van der Waals surface area contributed by atoms with Gasteiger partial charge < -0.3 is 19.8 Å². The predicted octanol–water partition coefficient (Wildman–Crippen LogP) is 4.58. The minimum absolute atomic E-state index is 0.0566. The number of amides is 1. The number of carbonyl (C=O) groups excluding carboxylic acids is 2. The van der Waals surface area contributed by atoms with Crippen LogP contribution in [0.4, 0.5) is 4.79 Å². The molecule has 2 heterocycles. The minimum Gasteiger partial charge on any atom is -0.464 e. The van der Waals surface area contributed by atoms with E-state index in [9.17, 15) is 9.59 Å². The molecule has 0 saturated heterocycles. The molecule has 0 unspecified atom stereocenters. The van der Waals surface area contributed by atoms with Gasteiger partial charge in [-0.25, -0.2) is 14.6 Å². The highest BCUT2D eigenvalue weighted by atomic mass is 16.6. The van der Waals surface area contributed by atoms with Crippen molar-refractivity contribution in [1.29, 1.82) is 0 Å². The molecule has 0 spiro atoms. The van der Waals surface area contributed by atoms with Crippen LogP contribution in [-0.4, -0.2) is 41.3 Å². The van der Waals surface area contributed by atoms with E-state index in [-0.39, 0.29) is 25.6 Å². The van der Waals surface area contributed by atoms with Gasteiger partial charge in [-0.2, -0.15) is 0 Å². The van der Waals surface area contributed by atoms with Gasteiger partial charge in [0.15, 0.2) is 0 Å². The van der Waals surface area contributed by atoms with Gasteiger partial charge in [0.25, 0.3) is 0 Å². The number of carbonyl (C=O) groups is 2. The van der Waals surface area contributed by atoms with Gasteiger partial charge in [0.05, 0.1) is 6.61 Å². The second-order valence-electron chi connectivity index (χ2n) is 8.19. The average molecular weight is 456 g/mol. The maximum atomic E-state index is 12.8. The van der Waals surface area contributed by atoms with Crippen molar-refractivity contribution in [1.82, 2.24) is 15.3 Å². The van der Waals surface area contributed by atoms with Crippen molar-refractivity contribution in [3.63, 3.8) is 0 Å². The zero-order valence-electron chi connectivity index (χ0n) is 18.8. The van der Waals surface area contributed by atoms with Crippen LogP contribution >= 0.6 is 0 Å². The first-order valence-electron chi connectivity index (χ1n) is 11.3. The van der Waals surface area contributed by atoms with E-state index in [1.54, 1.807) is 19.3 Å². The normalized spacial score (nSPS) is 13.2. The lowest BCUT2D eigenvalue weighted by atomic mass is 9.98. The molecule has 2 aromatic heterocycles. The highest BCUT2D eigenvalue weighted by Crippen LogP contribution is 2.44. The van der Waals surface area contributed by atoms with Crippen molar-refractivity contribution in [2.45, 2.75) is 25.3 Å². The number of ether oxygens (including phenoxy) is 2. The molecular formula is C27H25N3O4. The summed E-state index contributed by atoms with van der Waals surface area (Å²) in [6.45, 7) is 2.13. The fraction of sp³-hybridized carbons (Fsp3) is 0.222. The summed E-state index contributed by atoms with van der Waals surface area (Å²) in [7, 11) is 0. The molecule has 0 aliphatic heterocycles. The van der Waals surface area contributed by atoms with E-state index < -0.39 is 18.1 Å². The largest absolute Gasteiger partial charge is 0.464 e. The summed E-state index contributed by atoms with van der Waals surface area (Å²) in [5.74, 6) is -0.562. The molecule has 4 aromatic rings. The van der Waals surface area contributed by atoms with Crippen LogP contribution in [0.5, 0.6) is 0 Å². The first-order valence-corrected chi connectivity index (χ1v) is 11.3. The maximum absolute atomic E-state index is 12.8. The van der Waals surface area contributed by atoms with Gasteiger partial charge in [0.1, 0.15) is 18.3 Å². The third-order valence-corrected chi connectivity index (χ3v) is 6.17. The summed E-state index contributed by atoms with van der Waals surface area (Å²) < 4.78 is 10.8. The molecule has 172 valence electrons. The average Bonchev–Trinajstić information content (AvgIpc) is 3.41. The Kier molecular flexibility index (Phi) is 5.99. The number of nitrogens with one attached hydrogen (secondary N) is 2. The number of esters is 1. The van der Waals surface area contributed by atoms with Gasteiger partial charge in [0, 0.05) is 30.1 Å². The summed E-state index contributed by atoms with van der Waals surface area (Å²) in [4.78, 5) is 32.8. The molecule has 0 fully saturated rings. The Morgan fingerprint density at radius 3 is 2.41 bits per heavy atom. The number of H-pyrrole nitrogens is 1. The summed E-state index contributed by atoms with van der Waals surface area (Å²) in [6, 6.07) is 19.2. The lowest BCUT2D eigenvalue weighted by Gasteiger charge is -2.19. The van der Waals surface area contributed by atoms with Crippen LogP contribution in [-0.2, 0) is 20.7 Å².